The third kappa shape index (κ3) is 6.43. The van der Waals surface area contributed by atoms with E-state index in [4.69, 9.17) is 10.00 Å². The molecular weight excluding hydrogens is 500 g/mol. The molecule has 4 aromatic rings. The summed E-state index contributed by atoms with van der Waals surface area (Å²) in [6, 6.07) is 32.5. The van der Waals surface area contributed by atoms with Gasteiger partial charge in [0.1, 0.15) is 11.8 Å². The Balaban J connectivity index is 1.61. The van der Waals surface area contributed by atoms with Gasteiger partial charge in [-0.15, -0.1) is 0 Å². The summed E-state index contributed by atoms with van der Waals surface area (Å²) >= 11 is 0. The van der Waals surface area contributed by atoms with Crippen LogP contribution in [0.5, 0.6) is 5.75 Å². The molecule has 38 heavy (non-hydrogen) atoms. The van der Waals surface area contributed by atoms with E-state index in [1.807, 2.05) is 36.4 Å². The minimum absolute atomic E-state index is 0.0336. The monoisotopic (exact) mass is 524 g/mol. The van der Waals surface area contributed by atoms with Crippen molar-refractivity contribution < 1.29 is 17.9 Å². The van der Waals surface area contributed by atoms with Crippen LogP contribution in [-0.4, -0.2) is 27.1 Å². The number of nitrogens with zero attached hydrogens (tertiary/aromatic N) is 3. The molecule has 0 aliphatic rings. The first-order valence-corrected chi connectivity index (χ1v) is 13.1. The van der Waals surface area contributed by atoms with Crippen molar-refractivity contribution in [2.45, 2.75) is 11.4 Å². The lowest BCUT2D eigenvalue weighted by Crippen LogP contribution is -2.33. The Morgan fingerprint density at radius 1 is 0.895 bits per heavy atom. The molecule has 0 heterocycles. The maximum Gasteiger partial charge on any atom is 0.273 e. The summed E-state index contributed by atoms with van der Waals surface area (Å²) in [5.41, 5.74) is 4.32. The number of nitriles is 1. The van der Waals surface area contributed by atoms with Crippen LogP contribution < -0.4 is 14.5 Å². The summed E-state index contributed by atoms with van der Waals surface area (Å²) in [6.45, 7) is -0.0178. The number of hydrogen-bond acceptors (Lipinski definition) is 6. The van der Waals surface area contributed by atoms with Gasteiger partial charge in [-0.1, -0.05) is 60.7 Å². The van der Waals surface area contributed by atoms with Crippen LogP contribution in [0.15, 0.2) is 119 Å². The van der Waals surface area contributed by atoms with Gasteiger partial charge in [0.25, 0.3) is 15.9 Å². The summed E-state index contributed by atoms with van der Waals surface area (Å²) in [4.78, 5) is 13.3. The molecule has 0 atom stereocenters. The van der Waals surface area contributed by atoms with Gasteiger partial charge >= 0.3 is 0 Å². The van der Waals surface area contributed by atoms with Crippen LogP contribution in [0.1, 0.15) is 21.5 Å². The Kier molecular flexibility index (Phi) is 8.49. The lowest BCUT2D eigenvalue weighted by Gasteiger charge is -2.26. The van der Waals surface area contributed by atoms with Gasteiger partial charge in [0.15, 0.2) is 6.61 Å². The van der Waals surface area contributed by atoms with Crippen LogP contribution >= 0.6 is 0 Å². The van der Waals surface area contributed by atoms with Crippen LogP contribution in [0.25, 0.3) is 0 Å². The molecule has 4 rings (SSSR count). The number of hydrazone groups is 1. The van der Waals surface area contributed by atoms with E-state index in [1.54, 1.807) is 66.7 Å². The number of amides is 1. The number of carbonyl (C=O) groups excluding carboxylic acids is 1. The van der Waals surface area contributed by atoms with E-state index in [-0.39, 0.29) is 29.3 Å². The minimum atomic E-state index is -4.00. The second kappa shape index (κ2) is 12.3. The van der Waals surface area contributed by atoms with E-state index >= 15 is 0 Å². The molecule has 8 nitrogen and oxygen atoms in total. The Bertz CT molecular complexity index is 1550. The van der Waals surface area contributed by atoms with Crippen molar-refractivity contribution in [3.05, 3.63) is 126 Å². The fraction of sp³-hybridized carbons (Fsp3) is 0.0690. The lowest BCUT2D eigenvalue weighted by atomic mass is 10.1. The zero-order valence-corrected chi connectivity index (χ0v) is 21.1. The van der Waals surface area contributed by atoms with Crippen molar-refractivity contribution in [1.82, 2.24) is 5.43 Å². The number of carbonyl (C=O) groups is 1. The lowest BCUT2D eigenvalue weighted by molar-refractivity contribution is 0.0955. The largest absolute Gasteiger partial charge is 0.479 e. The number of nitrogens with one attached hydrogen (secondary N) is 1. The van der Waals surface area contributed by atoms with Crippen molar-refractivity contribution in [3.63, 3.8) is 0 Å². The standard InChI is InChI=1S/C29H24N4O4S/c30-19-20-37-25-17-15-23(16-18-25)21-31-32-29(34)27-13-7-8-14-28(27)33(22-24-9-3-1-4-10-24)38(35,36)26-11-5-2-6-12-26/h1-18,21H,20,22H2,(H,32,34)/b31-21-. The van der Waals surface area contributed by atoms with Crippen LogP contribution in [0.3, 0.4) is 0 Å². The van der Waals surface area contributed by atoms with Crippen molar-refractivity contribution >= 4 is 27.8 Å². The van der Waals surface area contributed by atoms with Crippen LogP contribution in [0, 0.1) is 11.3 Å². The van der Waals surface area contributed by atoms with E-state index < -0.39 is 15.9 Å². The van der Waals surface area contributed by atoms with Crippen LogP contribution in [0.2, 0.25) is 0 Å². The number of anilines is 1. The first kappa shape index (κ1) is 26.1. The topological polar surface area (TPSA) is 112 Å². The highest BCUT2D eigenvalue weighted by molar-refractivity contribution is 7.92. The number of benzene rings is 4. The van der Waals surface area contributed by atoms with Gasteiger partial charge in [-0.05, 0) is 59.7 Å². The fourth-order valence-corrected chi connectivity index (χ4v) is 5.14. The smallest absolute Gasteiger partial charge is 0.273 e. The Labute approximate surface area is 221 Å². The summed E-state index contributed by atoms with van der Waals surface area (Å²) in [5.74, 6) is -0.0213. The molecule has 9 heteroatoms. The highest BCUT2D eigenvalue weighted by Crippen LogP contribution is 2.29. The van der Waals surface area contributed by atoms with Crippen LogP contribution in [-0.2, 0) is 16.6 Å². The van der Waals surface area contributed by atoms with E-state index in [0.717, 1.165) is 5.56 Å². The second-order valence-electron chi connectivity index (χ2n) is 8.04. The fourth-order valence-electron chi connectivity index (χ4n) is 3.64. The predicted octanol–water partition coefficient (Wildman–Crippen LogP) is 4.75. The Morgan fingerprint density at radius 2 is 1.53 bits per heavy atom. The van der Waals surface area contributed by atoms with Crippen molar-refractivity contribution in [1.29, 1.82) is 5.26 Å². The number of rotatable bonds is 10. The van der Waals surface area contributed by atoms with Crippen molar-refractivity contribution in [2.75, 3.05) is 10.9 Å². The second-order valence-corrected chi connectivity index (χ2v) is 9.90. The molecule has 0 fully saturated rings. The minimum Gasteiger partial charge on any atom is -0.479 e. The average molecular weight is 525 g/mol. The number of ether oxygens (including phenoxy) is 1. The summed E-state index contributed by atoms with van der Waals surface area (Å²) in [7, 11) is -4.00. The number of sulfonamides is 1. The van der Waals surface area contributed by atoms with Crippen LogP contribution in [0.4, 0.5) is 5.69 Å². The molecule has 4 aromatic carbocycles. The van der Waals surface area contributed by atoms with Gasteiger partial charge in [0.05, 0.1) is 28.9 Å². The zero-order valence-electron chi connectivity index (χ0n) is 20.3. The van der Waals surface area contributed by atoms with Gasteiger partial charge in [0.2, 0.25) is 0 Å². The van der Waals surface area contributed by atoms with Gasteiger partial charge in [-0.2, -0.15) is 10.4 Å². The maximum atomic E-state index is 13.7. The Morgan fingerprint density at radius 3 is 2.21 bits per heavy atom. The van der Waals surface area contributed by atoms with Gasteiger partial charge in [-0.3, -0.25) is 9.10 Å². The molecule has 1 amide bonds. The zero-order chi connectivity index (χ0) is 26.8. The van der Waals surface area contributed by atoms with Gasteiger partial charge in [-0.25, -0.2) is 13.8 Å². The molecule has 0 bridgehead atoms. The number of hydrogen-bond donors (Lipinski definition) is 1. The highest BCUT2D eigenvalue weighted by Gasteiger charge is 2.28. The molecule has 0 saturated carbocycles. The Hall–Kier alpha value is -4.94. The van der Waals surface area contributed by atoms with E-state index in [2.05, 4.69) is 10.5 Å². The normalized spacial score (nSPS) is 11.0. The summed E-state index contributed by atoms with van der Waals surface area (Å²) < 4.78 is 33.9. The first-order chi connectivity index (χ1) is 18.5. The van der Waals surface area contributed by atoms with Crippen molar-refractivity contribution in [2.24, 2.45) is 5.10 Å². The molecule has 1 N–H and O–H groups in total. The third-order valence-electron chi connectivity index (χ3n) is 5.48. The molecule has 0 spiro atoms. The molecule has 0 radical (unpaired) electrons. The quantitative estimate of drug-likeness (QED) is 0.238. The summed E-state index contributed by atoms with van der Waals surface area (Å²) in [5, 5.41) is 12.6. The predicted molar refractivity (Wildman–Crippen MR) is 145 cm³/mol. The number of para-hydroxylation sites is 1. The van der Waals surface area contributed by atoms with E-state index in [9.17, 15) is 13.2 Å². The molecule has 0 aromatic heterocycles. The SMILES string of the molecule is N#CCOc1ccc(/C=N\NC(=O)c2ccccc2N(Cc2ccccc2)S(=O)(=O)c2ccccc2)cc1. The molecular formula is C29H24N4O4S. The molecule has 190 valence electrons. The van der Waals surface area contributed by atoms with Gasteiger partial charge < -0.3 is 4.74 Å². The summed E-state index contributed by atoms with van der Waals surface area (Å²) in [6.07, 6.45) is 1.46. The first-order valence-electron chi connectivity index (χ1n) is 11.6. The molecule has 0 aliphatic carbocycles. The molecule has 0 aliphatic heterocycles. The van der Waals surface area contributed by atoms with E-state index in [0.29, 0.717) is 11.3 Å². The molecule has 0 saturated heterocycles. The van der Waals surface area contributed by atoms with Crippen molar-refractivity contribution in [3.8, 4) is 11.8 Å². The van der Waals surface area contributed by atoms with Gasteiger partial charge in [0, 0.05) is 0 Å². The average Bonchev–Trinajstić information content (AvgIpc) is 2.96. The van der Waals surface area contributed by atoms with E-state index in [1.165, 1.54) is 22.7 Å². The maximum absolute atomic E-state index is 13.7. The third-order valence-corrected chi connectivity index (χ3v) is 7.25. The molecule has 0 unspecified atom stereocenters. The highest BCUT2D eigenvalue weighted by atomic mass is 32.2.